The minimum absolute atomic E-state index is 0.398. The van der Waals surface area contributed by atoms with E-state index in [4.69, 9.17) is 16.3 Å². The number of nitrogens with zero attached hydrogens (tertiary/aromatic N) is 1. The maximum atomic E-state index is 11.5. The molecule has 1 aliphatic rings. The number of carbonyl (C=O) groups is 1. The van der Waals surface area contributed by atoms with Crippen LogP contribution in [-0.4, -0.2) is 24.2 Å². The van der Waals surface area contributed by atoms with E-state index < -0.39 is 5.97 Å². The van der Waals surface area contributed by atoms with Crippen molar-refractivity contribution in [2.75, 3.05) is 18.1 Å². The smallest absolute Gasteiger partial charge is 0.336 e. The van der Waals surface area contributed by atoms with E-state index in [2.05, 4.69) is 18.7 Å². The third-order valence-electron chi connectivity index (χ3n) is 4.53. The monoisotopic (exact) mass is 373 g/mol. The Balaban J connectivity index is 1.90. The molecule has 0 fully saturated rings. The molecule has 138 valence electrons. The van der Waals surface area contributed by atoms with Crippen molar-refractivity contribution in [3.63, 3.8) is 0 Å². The van der Waals surface area contributed by atoms with E-state index in [1.807, 2.05) is 30.3 Å². The number of carboxylic acid groups (broad SMARTS) is 1. The lowest BCUT2D eigenvalue weighted by Gasteiger charge is -2.32. The molecule has 5 heteroatoms. The quantitative estimate of drug-likeness (QED) is 0.771. The van der Waals surface area contributed by atoms with Gasteiger partial charge in [0.1, 0.15) is 5.75 Å². The summed E-state index contributed by atoms with van der Waals surface area (Å²) < 4.78 is 5.97. The number of hydrogen-bond donors (Lipinski definition) is 1. The highest BCUT2D eigenvalue weighted by Gasteiger charge is 2.23. The standard InChI is InChI=1S/C21H24ClNO3/c1-14(2)13-26-20-9-8-16(22)11-15(20)12-23-10-4-6-17-18(21(24)25)5-3-7-19(17)23/h3,5,7-9,11,14H,4,6,10,12-13H2,1-2H3,(H,24,25). The van der Waals surface area contributed by atoms with Gasteiger partial charge in [0, 0.05) is 29.4 Å². The van der Waals surface area contributed by atoms with Gasteiger partial charge in [-0.05, 0) is 54.7 Å². The molecule has 0 spiro atoms. The Bertz CT molecular complexity index is 804. The van der Waals surface area contributed by atoms with Crippen LogP contribution in [0.5, 0.6) is 5.75 Å². The molecule has 0 saturated heterocycles. The molecule has 26 heavy (non-hydrogen) atoms. The van der Waals surface area contributed by atoms with Crippen LogP contribution < -0.4 is 9.64 Å². The summed E-state index contributed by atoms with van der Waals surface area (Å²) >= 11 is 6.21. The van der Waals surface area contributed by atoms with E-state index >= 15 is 0 Å². The molecule has 0 aliphatic carbocycles. The van der Waals surface area contributed by atoms with Gasteiger partial charge in [-0.25, -0.2) is 4.79 Å². The summed E-state index contributed by atoms with van der Waals surface area (Å²) in [7, 11) is 0. The van der Waals surface area contributed by atoms with Crippen LogP contribution in [0.4, 0.5) is 5.69 Å². The highest BCUT2D eigenvalue weighted by atomic mass is 35.5. The minimum Gasteiger partial charge on any atom is -0.493 e. The predicted molar refractivity (Wildman–Crippen MR) is 105 cm³/mol. The topological polar surface area (TPSA) is 49.8 Å². The zero-order valence-corrected chi connectivity index (χ0v) is 15.9. The number of hydrogen-bond acceptors (Lipinski definition) is 3. The molecule has 0 radical (unpaired) electrons. The molecule has 0 atom stereocenters. The van der Waals surface area contributed by atoms with Gasteiger partial charge in [0.15, 0.2) is 0 Å². The zero-order chi connectivity index (χ0) is 18.7. The second kappa shape index (κ2) is 8.00. The second-order valence-corrected chi connectivity index (χ2v) is 7.53. The first kappa shape index (κ1) is 18.6. The third kappa shape index (κ3) is 4.13. The molecule has 0 unspecified atom stereocenters. The molecule has 1 heterocycles. The molecule has 1 aliphatic heterocycles. The molecule has 0 aromatic heterocycles. The molecule has 2 aromatic rings. The number of rotatable bonds is 6. The van der Waals surface area contributed by atoms with Gasteiger partial charge in [-0.2, -0.15) is 0 Å². The number of benzene rings is 2. The van der Waals surface area contributed by atoms with Gasteiger partial charge in [-0.3, -0.25) is 0 Å². The first-order valence-electron chi connectivity index (χ1n) is 8.97. The lowest BCUT2D eigenvalue weighted by molar-refractivity contribution is 0.0695. The highest BCUT2D eigenvalue weighted by Crippen LogP contribution is 2.33. The van der Waals surface area contributed by atoms with E-state index in [1.165, 1.54) is 0 Å². The van der Waals surface area contributed by atoms with E-state index in [0.29, 0.717) is 29.7 Å². The van der Waals surface area contributed by atoms with Gasteiger partial charge in [0.2, 0.25) is 0 Å². The molecule has 2 aromatic carbocycles. The normalized spacial score (nSPS) is 13.6. The Labute approximate surface area is 159 Å². The summed E-state index contributed by atoms with van der Waals surface area (Å²) in [6.45, 7) is 6.40. The number of carboxylic acids is 1. The van der Waals surface area contributed by atoms with Gasteiger partial charge in [0.25, 0.3) is 0 Å². The van der Waals surface area contributed by atoms with Gasteiger partial charge in [-0.1, -0.05) is 31.5 Å². The maximum Gasteiger partial charge on any atom is 0.336 e. The van der Waals surface area contributed by atoms with E-state index in [1.54, 1.807) is 6.07 Å². The van der Waals surface area contributed by atoms with Crippen LogP contribution in [0.25, 0.3) is 0 Å². The molecule has 1 N–H and O–H groups in total. The molecule has 0 amide bonds. The molecule has 3 rings (SSSR count). The molecule has 0 bridgehead atoms. The maximum absolute atomic E-state index is 11.5. The summed E-state index contributed by atoms with van der Waals surface area (Å²) in [5.74, 6) is 0.407. The van der Waals surface area contributed by atoms with Gasteiger partial charge in [-0.15, -0.1) is 0 Å². The van der Waals surface area contributed by atoms with Crippen molar-refractivity contribution in [2.45, 2.75) is 33.2 Å². The second-order valence-electron chi connectivity index (χ2n) is 7.09. The van der Waals surface area contributed by atoms with Crippen molar-refractivity contribution in [2.24, 2.45) is 5.92 Å². The lowest BCUT2D eigenvalue weighted by Crippen LogP contribution is -2.30. The van der Waals surface area contributed by atoms with Crippen LogP contribution in [0.15, 0.2) is 36.4 Å². The van der Waals surface area contributed by atoms with Gasteiger partial charge < -0.3 is 14.7 Å². The fourth-order valence-corrected chi connectivity index (χ4v) is 3.53. The molecular formula is C21H24ClNO3. The average molecular weight is 374 g/mol. The van der Waals surface area contributed by atoms with E-state index in [9.17, 15) is 9.90 Å². The Morgan fingerprint density at radius 3 is 2.85 bits per heavy atom. The van der Waals surface area contributed by atoms with Gasteiger partial charge in [0.05, 0.1) is 12.2 Å². The SMILES string of the molecule is CC(C)COc1ccc(Cl)cc1CN1CCCc2c(C(=O)O)cccc21. The first-order chi connectivity index (χ1) is 12.5. The fraction of sp³-hybridized carbons (Fsp3) is 0.381. The number of aromatic carboxylic acids is 1. The summed E-state index contributed by atoms with van der Waals surface area (Å²) in [6, 6.07) is 11.2. The summed E-state index contributed by atoms with van der Waals surface area (Å²) in [6.07, 6.45) is 1.72. The van der Waals surface area contributed by atoms with Gasteiger partial charge >= 0.3 is 5.97 Å². The van der Waals surface area contributed by atoms with Crippen molar-refractivity contribution in [1.29, 1.82) is 0 Å². The minimum atomic E-state index is -0.868. The summed E-state index contributed by atoms with van der Waals surface area (Å²) in [4.78, 5) is 13.8. The Morgan fingerprint density at radius 2 is 2.12 bits per heavy atom. The molecular weight excluding hydrogens is 350 g/mol. The van der Waals surface area contributed by atoms with Crippen molar-refractivity contribution in [3.05, 3.63) is 58.1 Å². The van der Waals surface area contributed by atoms with Crippen LogP contribution >= 0.6 is 11.6 Å². The van der Waals surface area contributed by atoms with Crippen molar-refractivity contribution < 1.29 is 14.6 Å². The largest absolute Gasteiger partial charge is 0.493 e. The Morgan fingerprint density at radius 1 is 1.31 bits per heavy atom. The number of anilines is 1. The van der Waals surface area contributed by atoms with Crippen LogP contribution in [-0.2, 0) is 13.0 Å². The fourth-order valence-electron chi connectivity index (χ4n) is 3.34. The lowest BCUT2D eigenvalue weighted by atomic mass is 9.96. The van der Waals surface area contributed by atoms with Crippen LogP contribution in [0, 0.1) is 5.92 Å². The summed E-state index contributed by atoms with van der Waals surface area (Å²) in [5, 5.41) is 10.1. The average Bonchev–Trinajstić information content (AvgIpc) is 2.60. The first-order valence-corrected chi connectivity index (χ1v) is 9.35. The molecule has 4 nitrogen and oxygen atoms in total. The predicted octanol–water partition coefficient (Wildman–Crippen LogP) is 5.03. The number of ether oxygens (including phenoxy) is 1. The Kier molecular flexibility index (Phi) is 5.72. The number of halogens is 1. The van der Waals surface area contributed by atoms with Crippen molar-refractivity contribution >= 4 is 23.3 Å². The van der Waals surface area contributed by atoms with E-state index in [-0.39, 0.29) is 0 Å². The van der Waals surface area contributed by atoms with Crippen LogP contribution in [0.3, 0.4) is 0 Å². The van der Waals surface area contributed by atoms with Crippen molar-refractivity contribution in [3.8, 4) is 5.75 Å². The third-order valence-corrected chi connectivity index (χ3v) is 4.77. The van der Waals surface area contributed by atoms with Crippen LogP contribution in [0.1, 0.15) is 41.8 Å². The highest BCUT2D eigenvalue weighted by molar-refractivity contribution is 6.30. The van der Waals surface area contributed by atoms with Crippen molar-refractivity contribution in [1.82, 2.24) is 0 Å². The zero-order valence-electron chi connectivity index (χ0n) is 15.2. The van der Waals surface area contributed by atoms with E-state index in [0.717, 1.165) is 42.0 Å². The Hall–Kier alpha value is -2.20. The summed E-state index contributed by atoms with van der Waals surface area (Å²) in [5.41, 5.74) is 3.32. The van der Waals surface area contributed by atoms with Crippen LogP contribution in [0.2, 0.25) is 5.02 Å². The number of fused-ring (bicyclic) bond motifs is 1. The molecule has 0 saturated carbocycles.